The van der Waals surface area contributed by atoms with Crippen LogP contribution < -0.4 is 10.6 Å². The quantitative estimate of drug-likeness (QED) is 0.756. The third-order valence-corrected chi connectivity index (χ3v) is 3.01. The number of rotatable bonds is 2. The maximum atomic E-state index is 12.6. The molecule has 15 heavy (non-hydrogen) atoms. The number of alkyl halides is 1. The largest absolute Gasteiger partial charge is 0.397 e. The van der Waals surface area contributed by atoms with E-state index in [9.17, 15) is 4.39 Å². The first kappa shape index (κ1) is 10.3. The molecule has 2 rings (SSSR count). The number of para-hydroxylation sites is 2. The van der Waals surface area contributed by atoms with Gasteiger partial charge in [-0.1, -0.05) is 12.1 Å². The first-order chi connectivity index (χ1) is 7.31. The molecule has 0 amide bonds. The van der Waals surface area contributed by atoms with Crippen LogP contribution in [0.4, 0.5) is 15.8 Å². The molecule has 1 aliphatic rings. The Morgan fingerprint density at radius 1 is 1.40 bits per heavy atom. The number of hydrogen-bond acceptors (Lipinski definition) is 2. The highest BCUT2D eigenvalue weighted by atomic mass is 19.1. The molecule has 3 heteroatoms. The van der Waals surface area contributed by atoms with E-state index in [1.54, 1.807) is 0 Å². The first-order valence-electron chi connectivity index (χ1n) is 5.46. The minimum Gasteiger partial charge on any atom is -0.397 e. The van der Waals surface area contributed by atoms with Crippen LogP contribution in [0.1, 0.15) is 12.8 Å². The zero-order valence-corrected chi connectivity index (χ0v) is 8.82. The van der Waals surface area contributed by atoms with Gasteiger partial charge in [-0.15, -0.1) is 0 Å². The van der Waals surface area contributed by atoms with E-state index in [1.165, 1.54) is 0 Å². The lowest BCUT2D eigenvalue weighted by molar-refractivity contribution is 0.316. The van der Waals surface area contributed by atoms with E-state index in [2.05, 4.69) is 4.90 Å². The molecule has 0 aliphatic carbocycles. The average molecular weight is 208 g/mol. The van der Waals surface area contributed by atoms with Crippen LogP contribution >= 0.6 is 0 Å². The van der Waals surface area contributed by atoms with Gasteiger partial charge in [-0.05, 0) is 25.0 Å². The second-order valence-electron chi connectivity index (χ2n) is 4.17. The Bertz CT molecular complexity index is 327. The molecular formula is C12H17FN2. The molecule has 1 aromatic rings. The standard InChI is InChI=1S/C12H17FN2/c13-8-10-4-3-7-15(9-10)12-6-2-1-5-11(12)14/h1-2,5-6,10H,3-4,7-9,14H2. The molecule has 1 unspecified atom stereocenters. The van der Waals surface area contributed by atoms with Crippen LogP contribution in [0.25, 0.3) is 0 Å². The number of nitrogen functional groups attached to an aromatic ring is 1. The number of halogens is 1. The summed E-state index contributed by atoms with van der Waals surface area (Å²) in [5, 5.41) is 0. The molecule has 0 radical (unpaired) electrons. The molecule has 82 valence electrons. The SMILES string of the molecule is Nc1ccccc1N1CCCC(CF)C1. The highest BCUT2D eigenvalue weighted by Crippen LogP contribution is 2.27. The fourth-order valence-corrected chi connectivity index (χ4v) is 2.19. The maximum absolute atomic E-state index is 12.6. The summed E-state index contributed by atoms with van der Waals surface area (Å²) in [6.07, 6.45) is 2.06. The van der Waals surface area contributed by atoms with Gasteiger partial charge in [-0.3, -0.25) is 4.39 Å². The van der Waals surface area contributed by atoms with Crippen LogP contribution in [0, 0.1) is 5.92 Å². The Morgan fingerprint density at radius 3 is 2.93 bits per heavy atom. The summed E-state index contributed by atoms with van der Waals surface area (Å²) in [6, 6.07) is 7.81. The van der Waals surface area contributed by atoms with E-state index >= 15 is 0 Å². The number of piperidine rings is 1. The van der Waals surface area contributed by atoms with Crippen molar-refractivity contribution in [3.63, 3.8) is 0 Å². The van der Waals surface area contributed by atoms with Crippen molar-refractivity contribution in [2.24, 2.45) is 5.92 Å². The normalized spacial score (nSPS) is 21.7. The van der Waals surface area contributed by atoms with Gasteiger partial charge in [0.15, 0.2) is 0 Å². The van der Waals surface area contributed by atoms with E-state index in [0.29, 0.717) is 0 Å². The van der Waals surface area contributed by atoms with E-state index < -0.39 is 0 Å². The molecule has 1 saturated heterocycles. The van der Waals surface area contributed by atoms with Crippen LogP contribution in [-0.2, 0) is 0 Å². The number of hydrogen-bond donors (Lipinski definition) is 1. The molecule has 1 aromatic carbocycles. The Hall–Kier alpha value is -1.25. The molecule has 2 nitrogen and oxygen atoms in total. The van der Waals surface area contributed by atoms with Crippen molar-refractivity contribution in [1.82, 2.24) is 0 Å². The van der Waals surface area contributed by atoms with E-state index in [-0.39, 0.29) is 12.6 Å². The Balaban J connectivity index is 2.13. The molecule has 1 aliphatic heterocycles. The number of benzene rings is 1. The topological polar surface area (TPSA) is 29.3 Å². The summed E-state index contributed by atoms with van der Waals surface area (Å²) in [5.74, 6) is 0.179. The van der Waals surface area contributed by atoms with Gasteiger partial charge < -0.3 is 10.6 Å². The second kappa shape index (κ2) is 4.51. The van der Waals surface area contributed by atoms with E-state index in [1.807, 2.05) is 24.3 Å². The van der Waals surface area contributed by atoms with Crippen molar-refractivity contribution in [1.29, 1.82) is 0 Å². The lowest BCUT2D eigenvalue weighted by Crippen LogP contribution is -2.36. The third kappa shape index (κ3) is 2.22. The van der Waals surface area contributed by atoms with Gasteiger partial charge in [0.05, 0.1) is 18.0 Å². The first-order valence-corrected chi connectivity index (χ1v) is 5.46. The van der Waals surface area contributed by atoms with Gasteiger partial charge in [-0.2, -0.15) is 0 Å². The molecule has 1 heterocycles. The Morgan fingerprint density at radius 2 is 2.20 bits per heavy atom. The van der Waals surface area contributed by atoms with E-state index in [4.69, 9.17) is 5.73 Å². The monoisotopic (exact) mass is 208 g/mol. The molecule has 1 fully saturated rings. The van der Waals surface area contributed by atoms with Gasteiger partial charge in [0.2, 0.25) is 0 Å². The number of nitrogens with two attached hydrogens (primary N) is 1. The second-order valence-corrected chi connectivity index (χ2v) is 4.17. The van der Waals surface area contributed by atoms with Crippen molar-refractivity contribution in [2.45, 2.75) is 12.8 Å². The lowest BCUT2D eigenvalue weighted by atomic mass is 9.99. The highest BCUT2D eigenvalue weighted by molar-refractivity contribution is 5.67. The van der Waals surface area contributed by atoms with Gasteiger partial charge in [0.1, 0.15) is 0 Å². The predicted octanol–water partition coefficient (Wildman–Crippen LogP) is 2.45. The maximum Gasteiger partial charge on any atom is 0.0939 e. The van der Waals surface area contributed by atoms with Crippen LogP contribution in [0.3, 0.4) is 0 Å². The van der Waals surface area contributed by atoms with Crippen molar-refractivity contribution in [3.05, 3.63) is 24.3 Å². The summed E-state index contributed by atoms with van der Waals surface area (Å²) < 4.78 is 12.6. The molecule has 2 N–H and O–H groups in total. The van der Waals surface area contributed by atoms with Crippen molar-refractivity contribution >= 4 is 11.4 Å². The highest BCUT2D eigenvalue weighted by Gasteiger charge is 2.20. The van der Waals surface area contributed by atoms with Crippen LogP contribution in [0.15, 0.2) is 24.3 Å². The lowest BCUT2D eigenvalue weighted by Gasteiger charge is -2.33. The summed E-state index contributed by atoms with van der Waals surface area (Å²) in [6.45, 7) is 1.57. The fraction of sp³-hybridized carbons (Fsp3) is 0.500. The Kier molecular flexibility index (Phi) is 3.09. The van der Waals surface area contributed by atoms with Gasteiger partial charge in [0.25, 0.3) is 0 Å². The van der Waals surface area contributed by atoms with Gasteiger partial charge in [0, 0.05) is 19.0 Å². The van der Waals surface area contributed by atoms with Crippen molar-refractivity contribution in [3.8, 4) is 0 Å². The zero-order valence-electron chi connectivity index (χ0n) is 8.82. The van der Waals surface area contributed by atoms with Gasteiger partial charge in [-0.25, -0.2) is 0 Å². The van der Waals surface area contributed by atoms with E-state index in [0.717, 1.165) is 37.3 Å². The predicted molar refractivity (Wildman–Crippen MR) is 61.8 cm³/mol. The van der Waals surface area contributed by atoms with Crippen LogP contribution in [-0.4, -0.2) is 19.8 Å². The minimum absolute atomic E-state index is 0.179. The zero-order chi connectivity index (χ0) is 10.7. The summed E-state index contributed by atoms with van der Waals surface area (Å²) >= 11 is 0. The molecule has 0 spiro atoms. The molecule has 1 atom stereocenters. The molecule has 0 saturated carbocycles. The minimum atomic E-state index is -0.219. The van der Waals surface area contributed by atoms with Crippen LogP contribution in [0.5, 0.6) is 0 Å². The molecule has 0 bridgehead atoms. The molecular weight excluding hydrogens is 191 g/mol. The third-order valence-electron chi connectivity index (χ3n) is 3.01. The molecule has 0 aromatic heterocycles. The Labute approximate surface area is 89.9 Å². The van der Waals surface area contributed by atoms with Crippen LogP contribution in [0.2, 0.25) is 0 Å². The summed E-state index contributed by atoms with van der Waals surface area (Å²) in [5.41, 5.74) is 7.74. The van der Waals surface area contributed by atoms with Crippen molar-refractivity contribution in [2.75, 3.05) is 30.4 Å². The number of anilines is 2. The number of nitrogens with zero attached hydrogens (tertiary/aromatic N) is 1. The fourth-order valence-electron chi connectivity index (χ4n) is 2.19. The smallest absolute Gasteiger partial charge is 0.0939 e. The summed E-state index contributed by atoms with van der Waals surface area (Å²) in [4.78, 5) is 2.20. The van der Waals surface area contributed by atoms with Crippen molar-refractivity contribution < 1.29 is 4.39 Å². The summed E-state index contributed by atoms with van der Waals surface area (Å²) in [7, 11) is 0. The average Bonchev–Trinajstić information content (AvgIpc) is 2.30. The van der Waals surface area contributed by atoms with Gasteiger partial charge >= 0.3 is 0 Å².